The minimum atomic E-state index is -0.673. The number of nitrogens with two attached hydrogens (primary N) is 1. The molecular formula is C15H24N2O3. The van der Waals surface area contributed by atoms with Crippen LogP contribution in [0.5, 0.6) is 5.75 Å². The second-order valence-corrected chi connectivity index (χ2v) is 4.50. The maximum Gasteiger partial charge on any atom is 0.322 e. The molecule has 0 radical (unpaired) electrons. The van der Waals surface area contributed by atoms with Crippen molar-refractivity contribution in [2.75, 3.05) is 32.2 Å². The van der Waals surface area contributed by atoms with Gasteiger partial charge in [0.25, 0.3) is 0 Å². The molecule has 1 aromatic carbocycles. The number of ether oxygens (including phenoxy) is 2. The van der Waals surface area contributed by atoms with E-state index in [-0.39, 0.29) is 0 Å². The van der Waals surface area contributed by atoms with Gasteiger partial charge >= 0.3 is 5.97 Å². The van der Waals surface area contributed by atoms with E-state index in [4.69, 9.17) is 10.5 Å². The predicted octanol–water partition coefficient (Wildman–Crippen LogP) is 1.58. The highest BCUT2D eigenvalue weighted by Crippen LogP contribution is 2.26. The minimum absolute atomic E-state index is 0.397. The standard InChI is InChI=1S/C15H24N2O3/c1-5-17(6-2)12-8-7-11(14(10-12)19-3)9-13(16)15(18)20-4/h7-8,10,13H,5-6,9,16H2,1-4H3. The third kappa shape index (κ3) is 3.87. The van der Waals surface area contributed by atoms with E-state index < -0.39 is 12.0 Å². The average molecular weight is 280 g/mol. The Balaban J connectivity index is 2.96. The van der Waals surface area contributed by atoms with Gasteiger partial charge in [-0.2, -0.15) is 0 Å². The molecule has 0 bridgehead atoms. The third-order valence-electron chi connectivity index (χ3n) is 3.34. The fourth-order valence-electron chi connectivity index (χ4n) is 2.16. The lowest BCUT2D eigenvalue weighted by Crippen LogP contribution is -2.33. The molecule has 1 atom stereocenters. The van der Waals surface area contributed by atoms with Gasteiger partial charge < -0.3 is 20.1 Å². The van der Waals surface area contributed by atoms with Crippen molar-refractivity contribution in [1.29, 1.82) is 0 Å². The van der Waals surface area contributed by atoms with Crippen molar-refractivity contribution in [3.05, 3.63) is 23.8 Å². The van der Waals surface area contributed by atoms with E-state index in [1.54, 1.807) is 7.11 Å². The molecule has 1 aromatic rings. The van der Waals surface area contributed by atoms with Gasteiger partial charge in [0.05, 0.1) is 14.2 Å². The van der Waals surface area contributed by atoms with Crippen LogP contribution in [0.2, 0.25) is 0 Å². The molecule has 0 amide bonds. The molecule has 2 N–H and O–H groups in total. The van der Waals surface area contributed by atoms with Crippen molar-refractivity contribution in [3.63, 3.8) is 0 Å². The zero-order chi connectivity index (χ0) is 15.1. The first-order chi connectivity index (χ1) is 9.57. The highest BCUT2D eigenvalue weighted by molar-refractivity contribution is 5.76. The van der Waals surface area contributed by atoms with Gasteiger partial charge in [-0.3, -0.25) is 4.79 Å². The molecule has 5 heteroatoms. The molecule has 0 aliphatic carbocycles. The van der Waals surface area contributed by atoms with Crippen LogP contribution in [0.15, 0.2) is 18.2 Å². The zero-order valence-electron chi connectivity index (χ0n) is 12.7. The fourth-order valence-corrected chi connectivity index (χ4v) is 2.16. The number of carbonyl (C=O) groups excluding carboxylic acids is 1. The average Bonchev–Trinajstić information content (AvgIpc) is 2.48. The quantitative estimate of drug-likeness (QED) is 0.768. The summed E-state index contributed by atoms with van der Waals surface area (Å²) in [4.78, 5) is 13.6. The molecule has 20 heavy (non-hydrogen) atoms. The Labute approximate surface area is 120 Å². The Kier molecular flexibility index (Phi) is 6.31. The van der Waals surface area contributed by atoms with Crippen LogP contribution in [-0.2, 0) is 16.0 Å². The minimum Gasteiger partial charge on any atom is -0.496 e. The maximum absolute atomic E-state index is 11.4. The van der Waals surface area contributed by atoms with E-state index in [1.807, 2.05) is 18.2 Å². The van der Waals surface area contributed by atoms with E-state index in [2.05, 4.69) is 23.5 Å². The number of esters is 1. The summed E-state index contributed by atoms with van der Waals surface area (Å²) < 4.78 is 10.0. The Morgan fingerprint density at radius 1 is 1.30 bits per heavy atom. The molecule has 0 aromatic heterocycles. The van der Waals surface area contributed by atoms with Crippen LogP contribution in [0, 0.1) is 0 Å². The summed E-state index contributed by atoms with van der Waals surface area (Å²) in [6.07, 6.45) is 0.397. The molecular weight excluding hydrogens is 256 g/mol. The van der Waals surface area contributed by atoms with E-state index in [0.717, 1.165) is 30.1 Å². The summed E-state index contributed by atoms with van der Waals surface area (Å²) >= 11 is 0. The van der Waals surface area contributed by atoms with Crippen LogP contribution >= 0.6 is 0 Å². The normalized spacial score (nSPS) is 11.8. The van der Waals surface area contributed by atoms with Crippen LogP contribution in [0.1, 0.15) is 19.4 Å². The Hall–Kier alpha value is -1.75. The van der Waals surface area contributed by atoms with Crippen LogP contribution in [0.25, 0.3) is 0 Å². The molecule has 0 aliphatic rings. The lowest BCUT2D eigenvalue weighted by molar-refractivity contribution is -0.142. The molecule has 1 rings (SSSR count). The first kappa shape index (κ1) is 16.3. The summed E-state index contributed by atoms with van der Waals surface area (Å²) in [7, 11) is 2.96. The Morgan fingerprint density at radius 3 is 2.45 bits per heavy atom. The molecule has 0 aliphatic heterocycles. The molecule has 0 spiro atoms. The molecule has 0 heterocycles. The second-order valence-electron chi connectivity index (χ2n) is 4.50. The topological polar surface area (TPSA) is 64.8 Å². The van der Waals surface area contributed by atoms with Crippen molar-refractivity contribution < 1.29 is 14.3 Å². The number of nitrogens with zero attached hydrogens (tertiary/aromatic N) is 1. The number of carbonyl (C=O) groups is 1. The van der Waals surface area contributed by atoms with E-state index in [9.17, 15) is 4.79 Å². The van der Waals surface area contributed by atoms with E-state index in [0.29, 0.717) is 6.42 Å². The molecule has 0 saturated heterocycles. The molecule has 1 unspecified atom stereocenters. The van der Waals surface area contributed by atoms with Gasteiger partial charge in [-0.05, 0) is 25.5 Å². The van der Waals surface area contributed by atoms with E-state index in [1.165, 1.54) is 7.11 Å². The molecule has 5 nitrogen and oxygen atoms in total. The van der Waals surface area contributed by atoms with Gasteiger partial charge in [0.2, 0.25) is 0 Å². The van der Waals surface area contributed by atoms with Crippen LogP contribution < -0.4 is 15.4 Å². The first-order valence-electron chi connectivity index (χ1n) is 6.82. The highest BCUT2D eigenvalue weighted by atomic mass is 16.5. The fraction of sp³-hybridized carbons (Fsp3) is 0.533. The van der Waals surface area contributed by atoms with Crippen molar-refractivity contribution in [3.8, 4) is 5.75 Å². The number of anilines is 1. The number of methoxy groups -OCH3 is 2. The van der Waals surface area contributed by atoms with Gasteiger partial charge in [0.15, 0.2) is 0 Å². The molecule has 0 saturated carbocycles. The first-order valence-corrected chi connectivity index (χ1v) is 6.82. The molecule has 112 valence electrons. The van der Waals surface area contributed by atoms with Gasteiger partial charge in [-0.15, -0.1) is 0 Å². The van der Waals surface area contributed by atoms with Crippen LogP contribution in [0.3, 0.4) is 0 Å². The number of benzene rings is 1. The van der Waals surface area contributed by atoms with Crippen molar-refractivity contribution >= 4 is 11.7 Å². The second kappa shape index (κ2) is 7.75. The van der Waals surface area contributed by atoms with Crippen LogP contribution in [-0.4, -0.2) is 39.3 Å². The summed E-state index contributed by atoms with van der Waals surface area (Å²) in [6, 6.07) is 5.28. The Bertz CT molecular complexity index is 445. The summed E-state index contributed by atoms with van der Waals surface area (Å²) in [5.41, 5.74) is 7.80. The van der Waals surface area contributed by atoms with Crippen molar-refractivity contribution in [2.24, 2.45) is 5.73 Å². The van der Waals surface area contributed by atoms with Gasteiger partial charge in [-0.25, -0.2) is 0 Å². The largest absolute Gasteiger partial charge is 0.496 e. The van der Waals surface area contributed by atoms with Gasteiger partial charge in [0, 0.05) is 31.3 Å². The van der Waals surface area contributed by atoms with Gasteiger partial charge in [0.1, 0.15) is 11.8 Å². The van der Waals surface area contributed by atoms with E-state index >= 15 is 0 Å². The van der Waals surface area contributed by atoms with Crippen molar-refractivity contribution in [2.45, 2.75) is 26.3 Å². The number of hydrogen-bond acceptors (Lipinski definition) is 5. The smallest absolute Gasteiger partial charge is 0.322 e. The van der Waals surface area contributed by atoms with Crippen molar-refractivity contribution in [1.82, 2.24) is 0 Å². The van der Waals surface area contributed by atoms with Gasteiger partial charge in [-0.1, -0.05) is 6.07 Å². The molecule has 0 fully saturated rings. The summed E-state index contributed by atoms with van der Waals surface area (Å²) in [5.74, 6) is 0.327. The number of rotatable bonds is 7. The summed E-state index contributed by atoms with van der Waals surface area (Å²) in [6.45, 7) is 6.08. The predicted molar refractivity (Wildman–Crippen MR) is 80.3 cm³/mol. The lowest BCUT2D eigenvalue weighted by atomic mass is 10.0. The summed E-state index contributed by atoms with van der Waals surface area (Å²) in [5, 5.41) is 0. The number of hydrogen-bond donors (Lipinski definition) is 1. The SMILES string of the molecule is CCN(CC)c1ccc(CC(N)C(=O)OC)c(OC)c1. The Morgan fingerprint density at radius 2 is 1.95 bits per heavy atom. The zero-order valence-corrected chi connectivity index (χ0v) is 12.7. The maximum atomic E-state index is 11.4. The van der Waals surface area contributed by atoms with Crippen LogP contribution in [0.4, 0.5) is 5.69 Å². The third-order valence-corrected chi connectivity index (χ3v) is 3.34. The monoisotopic (exact) mass is 280 g/mol. The lowest BCUT2D eigenvalue weighted by Gasteiger charge is -2.22. The highest BCUT2D eigenvalue weighted by Gasteiger charge is 2.17.